The van der Waals surface area contributed by atoms with E-state index in [2.05, 4.69) is 0 Å². The van der Waals surface area contributed by atoms with Crippen molar-refractivity contribution >= 4 is 23.9 Å². The van der Waals surface area contributed by atoms with E-state index in [0.717, 1.165) is 20.8 Å². The zero-order chi connectivity index (χ0) is 18.4. The summed E-state index contributed by atoms with van der Waals surface area (Å²) >= 11 is 0. The van der Waals surface area contributed by atoms with E-state index in [0.29, 0.717) is 0 Å². The molecule has 1 unspecified atom stereocenters. The van der Waals surface area contributed by atoms with E-state index in [1.807, 2.05) is 0 Å². The molecule has 0 aromatic heterocycles. The minimum absolute atomic E-state index is 0.310. The van der Waals surface area contributed by atoms with Gasteiger partial charge in [0, 0.05) is 27.7 Å². The highest BCUT2D eigenvalue weighted by Crippen LogP contribution is 2.26. The zero-order valence-electron chi connectivity index (χ0n) is 13.8. The molecule has 0 aromatic carbocycles. The standard InChI is InChI=1S/C14H21NO9/c1-6(16)20-5-10-12(21-7(2)17)13(22-8(3)18)11(15)14(24-10)23-9(4)19/h10-14H,5,15H2,1-4H3/t10-,11+,12-,13-,14?/m1/s1. The Bertz CT molecular complexity index is 490. The molecule has 0 aliphatic carbocycles. The highest BCUT2D eigenvalue weighted by molar-refractivity contribution is 5.68. The van der Waals surface area contributed by atoms with Gasteiger partial charge < -0.3 is 29.4 Å². The molecule has 0 radical (unpaired) electrons. The SMILES string of the molecule is CC(=O)OC[C@H]1OC(OC(C)=O)[C@@H](N)[C@@H](OC(C)=O)[C@@H]1OC(C)=O. The third kappa shape index (κ3) is 5.78. The zero-order valence-corrected chi connectivity index (χ0v) is 13.8. The summed E-state index contributed by atoms with van der Waals surface area (Å²) in [6, 6.07) is -1.10. The summed E-state index contributed by atoms with van der Waals surface area (Å²) in [4.78, 5) is 44.9. The van der Waals surface area contributed by atoms with Gasteiger partial charge in [0.1, 0.15) is 18.8 Å². The first kappa shape index (κ1) is 19.8. The van der Waals surface area contributed by atoms with Crippen molar-refractivity contribution in [3.63, 3.8) is 0 Å². The van der Waals surface area contributed by atoms with Gasteiger partial charge in [-0.2, -0.15) is 0 Å². The van der Waals surface area contributed by atoms with Crippen LogP contribution in [-0.4, -0.2) is 61.1 Å². The van der Waals surface area contributed by atoms with Crippen molar-refractivity contribution in [1.29, 1.82) is 0 Å². The van der Waals surface area contributed by atoms with Crippen molar-refractivity contribution in [2.45, 2.75) is 58.3 Å². The Labute approximate surface area is 138 Å². The van der Waals surface area contributed by atoms with Gasteiger partial charge in [0.25, 0.3) is 0 Å². The molecule has 0 saturated carbocycles. The van der Waals surface area contributed by atoms with Crippen LogP contribution in [0.25, 0.3) is 0 Å². The highest BCUT2D eigenvalue weighted by atomic mass is 16.7. The first-order valence-electron chi connectivity index (χ1n) is 7.18. The van der Waals surface area contributed by atoms with Gasteiger partial charge in [0.15, 0.2) is 12.2 Å². The second-order valence-corrected chi connectivity index (χ2v) is 5.18. The summed E-state index contributed by atoms with van der Waals surface area (Å²) in [7, 11) is 0. The van der Waals surface area contributed by atoms with E-state index >= 15 is 0 Å². The van der Waals surface area contributed by atoms with Crippen molar-refractivity contribution in [3.05, 3.63) is 0 Å². The molecule has 1 fully saturated rings. The lowest BCUT2D eigenvalue weighted by Crippen LogP contribution is -2.65. The van der Waals surface area contributed by atoms with Crippen LogP contribution in [0, 0.1) is 0 Å². The average Bonchev–Trinajstić information content (AvgIpc) is 2.42. The van der Waals surface area contributed by atoms with Crippen molar-refractivity contribution < 1.29 is 42.9 Å². The van der Waals surface area contributed by atoms with Gasteiger partial charge in [-0.15, -0.1) is 0 Å². The molecule has 10 heteroatoms. The largest absolute Gasteiger partial charge is 0.463 e. The molecule has 0 spiro atoms. The van der Waals surface area contributed by atoms with Crippen molar-refractivity contribution in [3.8, 4) is 0 Å². The smallest absolute Gasteiger partial charge is 0.304 e. The fraction of sp³-hybridized carbons (Fsp3) is 0.714. The molecule has 0 amide bonds. The fourth-order valence-electron chi connectivity index (χ4n) is 2.20. The van der Waals surface area contributed by atoms with Crippen LogP contribution in [0.2, 0.25) is 0 Å². The third-order valence-corrected chi connectivity index (χ3v) is 3.03. The van der Waals surface area contributed by atoms with E-state index in [-0.39, 0.29) is 6.61 Å². The van der Waals surface area contributed by atoms with Crippen molar-refractivity contribution in [2.24, 2.45) is 5.73 Å². The predicted molar refractivity (Wildman–Crippen MR) is 76.1 cm³/mol. The highest BCUT2D eigenvalue weighted by Gasteiger charge is 2.50. The number of hydrogen-bond acceptors (Lipinski definition) is 10. The molecule has 1 saturated heterocycles. The fourth-order valence-corrected chi connectivity index (χ4v) is 2.20. The van der Waals surface area contributed by atoms with Gasteiger partial charge >= 0.3 is 23.9 Å². The van der Waals surface area contributed by atoms with E-state index in [9.17, 15) is 19.2 Å². The summed E-state index contributed by atoms with van der Waals surface area (Å²) in [5.41, 5.74) is 5.93. The minimum atomic E-state index is -1.26. The molecule has 1 heterocycles. The third-order valence-electron chi connectivity index (χ3n) is 3.03. The molecule has 0 bridgehead atoms. The number of esters is 4. The van der Waals surface area contributed by atoms with Gasteiger partial charge in [0.05, 0.1) is 0 Å². The van der Waals surface area contributed by atoms with Crippen LogP contribution in [0.4, 0.5) is 0 Å². The molecular weight excluding hydrogens is 326 g/mol. The number of ether oxygens (including phenoxy) is 5. The molecule has 0 aromatic rings. The summed E-state index contributed by atoms with van der Waals surface area (Å²) < 4.78 is 25.5. The van der Waals surface area contributed by atoms with E-state index < -0.39 is 54.5 Å². The lowest BCUT2D eigenvalue weighted by molar-refractivity contribution is -0.267. The molecule has 136 valence electrons. The van der Waals surface area contributed by atoms with Crippen LogP contribution >= 0.6 is 0 Å². The van der Waals surface area contributed by atoms with Crippen LogP contribution in [0.15, 0.2) is 0 Å². The van der Waals surface area contributed by atoms with E-state index in [1.54, 1.807) is 0 Å². The molecule has 10 nitrogen and oxygen atoms in total. The average molecular weight is 347 g/mol. The molecule has 1 aliphatic rings. The Morgan fingerprint density at radius 3 is 1.79 bits per heavy atom. The van der Waals surface area contributed by atoms with Crippen LogP contribution in [-0.2, 0) is 42.9 Å². The number of carbonyl (C=O) groups excluding carboxylic acids is 4. The molecule has 1 rings (SSSR count). The molecule has 1 aliphatic heterocycles. The lowest BCUT2D eigenvalue weighted by Gasteiger charge is -2.42. The summed E-state index contributed by atoms with van der Waals surface area (Å²) in [5.74, 6) is -2.62. The molecular formula is C14H21NO9. The summed E-state index contributed by atoms with van der Waals surface area (Å²) in [6.07, 6.45) is -4.58. The van der Waals surface area contributed by atoms with E-state index in [1.165, 1.54) is 6.92 Å². The molecule has 2 N–H and O–H groups in total. The summed E-state index contributed by atoms with van der Waals surface area (Å²) in [5, 5.41) is 0. The Balaban J connectivity index is 3.08. The quantitative estimate of drug-likeness (QED) is 0.487. The maximum absolute atomic E-state index is 11.3. The van der Waals surface area contributed by atoms with E-state index in [4.69, 9.17) is 29.4 Å². The van der Waals surface area contributed by atoms with Crippen LogP contribution in [0.3, 0.4) is 0 Å². The Morgan fingerprint density at radius 1 is 0.833 bits per heavy atom. The number of nitrogens with two attached hydrogens (primary N) is 1. The molecule has 24 heavy (non-hydrogen) atoms. The number of hydrogen-bond donors (Lipinski definition) is 1. The maximum atomic E-state index is 11.3. The second kappa shape index (κ2) is 8.60. The first-order chi connectivity index (χ1) is 11.1. The predicted octanol–water partition coefficient (Wildman–Crippen LogP) is -0.972. The van der Waals surface area contributed by atoms with Crippen LogP contribution in [0.1, 0.15) is 27.7 Å². The van der Waals surface area contributed by atoms with Gasteiger partial charge in [-0.1, -0.05) is 0 Å². The topological polar surface area (TPSA) is 140 Å². The first-order valence-corrected chi connectivity index (χ1v) is 7.18. The number of rotatable bonds is 5. The maximum Gasteiger partial charge on any atom is 0.304 e. The van der Waals surface area contributed by atoms with Gasteiger partial charge in [0.2, 0.25) is 6.29 Å². The van der Waals surface area contributed by atoms with Gasteiger partial charge in [-0.25, -0.2) is 0 Å². The molecule has 5 atom stereocenters. The monoisotopic (exact) mass is 347 g/mol. The summed E-state index contributed by atoms with van der Waals surface area (Å²) in [6.45, 7) is 4.32. The Hall–Kier alpha value is -2.20. The lowest BCUT2D eigenvalue weighted by atomic mass is 9.97. The normalized spacial score (nSPS) is 29.3. The number of carbonyl (C=O) groups is 4. The second-order valence-electron chi connectivity index (χ2n) is 5.18. The van der Waals surface area contributed by atoms with Crippen molar-refractivity contribution in [2.75, 3.05) is 6.61 Å². The van der Waals surface area contributed by atoms with Gasteiger partial charge in [-0.3, -0.25) is 19.2 Å². The minimum Gasteiger partial charge on any atom is -0.463 e. The Morgan fingerprint density at radius 2 is 1.33 bits per heavy atom. The Kier molecular flexibility index (Phi) is 7.11. The van der Waals surface area contributed by atoms with Crippen LogP contribution < -0.4 is 5.73 Å². The van der Waals surface area contributed by atoms with Crippen LogP contribution in [0.5, 0.6) is 0 Å². The van der Waals surface area contributed by atoms with Gasteiger partial charge in [-0.05, 0) is 0 Å². The van der Waals surface area contributed by atoms with Crippen molar-refractivity contribution in [1.82, 2.24) is 0 Å².